The number of hydrogen-bond donors (Lipinski definition) is 1. The third-order valence-corrected chi connectivity index (χ3v) is 6.41. The number of carbonyl (C=O) groups excluding carboxylic acids is 1. The maximum Gasteiger partial charge on any atom is 0.416 e. The number of hydrogen-bond acceptors (Lipinski definition) is 2. The molecule has 1 heterocycles. The first-order chi connectivity index (χ1) is 15.2. The molecule has 1 amide bonds. The van der Waals surface area contributed by atoms with Crippen LogP contribution >= 0.6 is 0 Å². The Balaban J connectivity index is 1.44. The van der Waals surface area contributed by atoms with Crippen LogP contribution in [0, 0.1) is 12.8 Å². The molecule has 1 fully saturated rings. The van der Waals surface area contributed by atoms with Crippen LogP contribution in [0.5, 0.6) is 0 Å². The zero-order chi connectivity index (χ0) is 22.9. The first kappa shape index (κ1) is 22.1. The van der Waals surface area contributed by atoms with Crippen molar-refractivity contribution in [2.24, 2.45) is 11.7 Å². The molecule has 4 rings (SSSR count). The van der Waals surface area contributed by atoms with Crippen LogP contribution in [0.25, 0.3) is 11.3 Å². The van der Waals surface area contributed by atoms with E-state index in [4.69, 9.17) is 10.8 Å². The van der Waals surface area contributed by atoms with E-state index in [2.05, 4.69) is 6.07 Å². The predicted octanol–water partition coefficient (Wildman–Crippen LogP) is 5.95. The zero-order valence-electron chi connectivity index (χ0n) is 17.9. The van der Waals surface area contributed by atoms with Gasteiger partial charge in [0.25, 0.3) is 0 Å². The summed E-state index contributed by atoms with van der Waals surface area (Å²) in [6.07, 6.45) is -1.04. The third kappa shape index (κ3) is 4.71. The van der Waals surface area contributed by atoms with Crippen molar-refractivity contribution in [2.45, 2.75) is 51.2 Å². The van der Waals surface area contributed by atoms with Crippen LogP contribution in [0.2, 0.25) is 0 Å². The van der Waals surface area contributed by atoms with Crippen molar-refractivity contribution >= 4 is 5.91 Å². The van der Waals surface area contributed by atoms with Gasteiger partial charge in [-0.15, -0.1) is 0 Å². The summed E-state index contributed by atoms with van der Waals surface area (Å²) >= 11 is 0. The molecule has 0 radical (unpaired) electrons. The number of aromatic nitrogens is 2. The number of primary amides is 1. The highest BCUT2D eigenvalue weighted by Crippen LogP contribution is 2.39. The van der Waals surface area contributed by atoms with E-state index in [9.17, 15) is 18.0 Å². The molecule has 0 bridgehead atoms. The average molecular weight is 441 g/mol. The second-order valence-electron chi connectivity index (χ2n) is 8.60. The van der Waals surface area contributed by atoms with Crippen molar-refractivity contribution in [3.05, 3.63) is 77.0 Å². The topological polar surface area (TPSA) is 60.9 Å². The first-order valence-corrected chi connectivity index (χ1v) is 10.8. The average Bonchev–Trinajstić information content (AvgIpc) is 3.14. The van der Waals surface area contributed by atoms with Crippen molar-refractivity contribution in [1.82, 2.24) is 9.78 Å². The van der Waals surface area contributed by atoms with Gasteiger partial charge in [-0.05, 0) is 68.2 Å². The lowest BCUT2D eigenvalue weighted by molar-refractivity contribution is -0.137. The van der Waals surface area contributed by atoms with Crippen molar-refractivity contribution in [3.8, 4) is 11.3 Å². The van der Waals surface area contributed by atoms with Gasteiger partial charge in [0.15, 0.2) is 0 Å². The maximum absolute atomic E-state index is 13.0. The summed E-state index contributed by atoms with van der Waals surface area (Å²) < 4.78 is 41.2. The maximum atomic E-state index is 13.0. The minimum Gasteiger partial charge on any atom is -0.366 e. The summed E-state index contributed by atoms with van der Waals surface area (Å²) in [6.45, 7) is 2.85. The molecule has 0 atom stereocenters. The molecular weight excluding hydrogens is 415 g/mol. The van der Waals surface area contributed by atoms with E-state index in [1.165, 1.54) is 6.07 Å². The molecule has 3 aromatic rings. The van der Waals surface area contributed by atoms with Gasteiger partial charge in [0.2, 0.25) is 5.91 Å². The fourth-order valence-corrected chi connectivity index (χ4v) is 4.65. The van der Waals surface area contributed by atoms with Crippen LogP contribution in [0.3, 0.4) is 0 Å². The number of alkyl halides is 3. The molecule has 1 aromatic heterocycles. The van der Waals surface area contributed by atoms with E-state index >= 15 is 0 Å². The van der Waals surface area contributed by atoms with E-state index in [-0.39, 0.29) is 11.5 Å². The molecule has 0 unspecified atom stereocenters. The standard InChI is InChI=1S/C25H26F3N3O/c1-16-13-23(19-5-3-2-4-6-19)30-31(16)15-17-7-9-18(10-8-17)21-12-11-20(25(26,27)28)14-22(21)24(29)32/h2-6,11-14,17-18H,7-10,15H2,1H3,(H2,29,32)/t17-,18-. The highest BCUT2D eigenvalue weighted by Gasteiger charge is 2.33. The lowest BCUT2D eigenvalue weighted by Gasteiger charge is -2.30. The van der Waals surface area contributed by atoms with Crippen LogP contribution < -0.4 is 5.73 Å². The highest BCUT2D eigenvalue weighted by atomic mass is 19.4. The van der Waals surface area contributed by atoms with Crippen molar-refractivity contribution in [3.63, 3.8) is 0 Å². The fraction of sp³-hybridized carbons (Fsp3) is 0.360. The monoisotopic (exact) mass is 441 g/mol. The lowest BCUT2D eigenvalue weighted by Crippen LogP contribution is -2.22. The number of nitrogens with zero attached hydrogens (tertiary/aromatic N) is 2. The van der Waals surface area contributed by atoms with Gasteiger partial charge in [-0.2, -0.15) is 18.3 Å². The summed E-state index contributed by atoms with van der Waals surface area (Å²) in [7, 11) is 0. The van der Waals surface area contributed by atoms with Gasteiger partial charge >= 0.3 is 6.18 Å². The predicted molar refractivity (Wildman–Crippen MR) is 117 cm³/mol. The number of benzene rings is 2. The molecule has 1 aliphatic carbocycles. The van der Waals surface area contributed by atoms with Crippen molar-refractivity contribution in [1.29, 1.82) is 0 Å². The molecule has 0 saturated heterocycles. The molecule has 2 aromatic carbocycles. The van der Waals surface area contributed by atoms with E-state index in [0.717, 1.165) is 61.3 Å². The highest BCUT2D eigenvalue weighted by molar-refractivity contribution is 5.94. The van der Waals surface area contributed by atoms with Gasteiger partial charge < -0.3 is 5.73 Å². The Labute approximate surface area is 185 Å². The molecular formula is C25H26F3N3O. The minimum atomic E-state index is -4.50. The quantitative estimate of drug-likeness (QED) is 0.532. The molecule has 2 N–H and O–H groups in total. The van der Waals surface area contributed by atoms with Crippen LogP contribution in [0.1, 0.15) is 58.8 Å². The Morgan fingerprint density at radius 1 is 1.06 bits per heavy atom. The summed E-state index contributed by atoms with van der Waals surface area (Å²) in [4.78, 5) is 11.8. The number of carbonyl (C=O) groups is 1. The normalized spacial score (nSPS) is 19.1. The second kappa shape index (κ2) is 8.81. The Kier molecular flexibility index (Phi) is 6.09. The minimum absolute atomic E-state index is 0.0151. The number of nitrogens with two attached hydrogens (primary N) is 1. The van der Waals surface area contributed by atoms with Gasteiger partial charge in [0.05, 0.1) is 11.3 Å². The number of rotatable bonds is 5. The number of aryl methyl sites for hydroxylation is 1. The van der Waals surface area contributed by atoms with Gasteiger partial charge in [-0.25, -0.2) is 0 Å². The van der Waals surface area contributed by atoms with Crippen LogP contribution in [0.4, 0.5) is 13.2 Å². The molecule has 32 heavy (non-hydrogen) atoms. The Bertz CT molecular complexity index is 1100. The summed E-state index contributed by atoms with van der Waals surface area (Å²) in [5.74, 6) is -0.344. The van der Waals surface area contributed by atoms with Crippen LogP contribution in [-0.4, -0.2) is 15.7 Å². The van der Waals surface area contributed by atoms with Gasteiger partial charge in [0.1, 0.15) is 0 Å². The molecule has 1 aliphatic rings. The SMILES string of the molecule is Cc1cc(-c2ccccc2)nn1C[C@H]1CC[C@H](c2ccc(C(F)(F)F)cc2C(N)=O)CC1. The van der Waals surface area contributed by atoms with E-state index < -0.39 is 17.6 Å². The second-order valence-corrected chi connectivity index (χ2v) is 8.60. The van der Waals surface area contributed by atoms with E-state index in [1.807, 2.05) is 41.9 Å². The first-order valence-electron chi connectivity index (χ1n) is 10.8. The smallest absolute Gasteiger partial charge is 0.366 e. The molecule has 0 aliphatic heterocycles. The summed E-state index contributed by atoms with van der Waals surface area (Å²) in [5.41, 5.74) is 8.32. The molecule has 4 nitrogen and oxygen atoms in total. The third-order valence-electron chi connectivity index (χ3n) is 6.41. The van der Waals surface area contributed by atoms with Gasteiger partial charge in [0, 0.05) is 23.4 Å². The Hall–Kier alpha value is -3.09. The summed E-state index contributed by atoms with van der Waals surface area (Å²) in [5, 5.41) is 4.77. The lowest BCUT2D eigenvalue weighted by atomic mass is 9.77. The van der Waals surface area contributed by atoms with Gasteiger partial charge in [-0.3, -0.25) is 9.48 Å². The molecule has 1 saturated carbocycles. The summed E-state index contributed by atoms with van der Waals surface area (Å²) in [6, 6.07) is 15.5. The van der Waals surface area contributed by atoms with Crippen LogP contribution in [0.15, 0.2) is 54.6 Å². The Morgan fingerprint density at radius 3 is 2.38 bits per heavy atom. The van der Waals surface area contributed by atoms with Crippen molar-refractivity contribution in [2.75, 3.05) is 0 Å². The van der Waals surface area contributed by atoms with Gasteiger partial charge in [-0.1, -0.05) is 36.4 Å². The molecule has 0 spiro atoms. The van der Waals surface area contributed by atoms with Crippen molar-refractivity contribution < 1.29 is 18.0 Å². The number of halogens is 3. The largest absolute Gasteiger partial charge is 0.416 e. The fourth-order valence-electron chi connectivity index (χ4n) is 4.65. The number of amides is 1. The molecule has 168 valence electrons. The Morgan fingerprint density at radius 2 is 1.75 bits per heavy atom. The van der Waals surface area contributed by atoms with Crippen LogP contribution in [-0.2, 0) is 12.7 Å². The zero-order valence-corrected chi connectivity index (χ0v) is 17.9. The van der Waals surface area contributed by atoms with E-state index in [1.54, 1.807) is 0 Å². The molecule has 7 heteroatoms. The van der Waals surface area contributed by atoms with E-state index in [0.29, 0.717) is 11.5 Å².